The lowest BCUT2D eigenvalue weighted by molar-refractivity contribution is -0.147. The molecule has 0 aliphatic rings. The molecule has 0 aromatic heterocycles. The molecule has 4 nitrogen and oxygen atoms in total. The third-order valence-corrected chi connectivity index (χ3v) is 1.46. The van der Waals surface area contributed by atoms with E-state index in [0.717, 1.165) is 0 Å². The predicted octanol–water partition coefficient (Wildman–Crippen LogP) is -0.139. The standard InChI is InChI=1S/C7H13O4S/c8-4-6(9)5-11-7(10)2-1-3-12/h6,8-9H,1-5H2. The Kier molecular flexibility index (Phi) is 7.23. The van der Waals surface area contributed by atoms with Crippen LogP contribution in [-0.4, -0.2) is 41.3 Å². The summed E-state index contributed by atoms with van der Waals surface area (Å²) in [5, 5.41) is 17.2. The van der Waals surface area contributed by atoms with Crippen molar-refractivity contribution in [3.8, 4) is 0 Å². The number of esters is 1. The number of aliphatic hydroxyl groups is 2. The Morgan fingerprint density at radius 2 is 2.25 bits per heavy atom. The minimum atomic E-state index is -0.975. The molecule has 0 aliphatic carbocycles. The number of aliphatic hydroxyl groups excluding tert-OH is 2. The van der Waals surface area contributed by atoms with Gasteiger partial charge >= 0.3 is 5.97 Å². The second kappa shape index (κ2) is 7.39. The van der Waals surface area contributed by atoms with Gasteiger partial charge in [0.2, 0.25) is 0 Å². The smallest absolute Gasteiger partial charge is 0.305 e. The zero-order valence-electron chi connectivity index (χ0n) is 6.73. The van der Waals surface area contributed by atoms with Gasteiger partial charge < -0.3 is 14.9 Å². The maximum absolute atomic E-state index is 10.8. The van der Waals surface area contributed by atoms with Gasteiger partial charge in [-0.05, 0) is 6.42 Å². The molecule has 71 valence electrons. The zero-order chi connectivity index (χ0) is 9.40. The maximum Gasteiger partial charge on any atom is 0.305 e. The molecule has 1 radical (unpaired) electrons. The van der Waals surface area contributed by atoms with Crippen molar-refractivity contribution in [2.24, 2.45) is 0 Å². The van der Waals surface area contributed by atoms with E-state index in [1.165, 1.54) is 0 Å². The summed E-state index contributed by atoms with van der Waals surface area (Å²) in [6.45, 7) is -0.541. The monoisotopic (exact) mass is 193 g/mol. The van der Waals surface area contributed by atoms with Crippen molar-refractivity contribution in [1.29, 1.82) is 0 Å². The van der Waals surface area contributed by atoms with Crippen molar-refractivity contribution < 1.29 is 19.7 Å². The summed E-state index contributed by atoms with van der Waals surface area (Å²) in [4.78, 5) is 10.8. The van der Waals surface area contributed by atoms with Crippen LogP contribution < -0.4 is 0 Å². The van der Waals surface area contributed by atoms with Crippen LogP contribution in [0.15, 0.2) is 0 Å². The summed E-state index contributed by atoms with van der Waals surface area (Å²) in [5.41, 5.74) is 0. The van der Waals surface area contributed by atoms with E-state index >= 15 is 0 Å². The average molecular weight is 193 g/mol. The normalized spacial score (nSPS) is 12.6. The number of hydrogen-bond donors (Lipinski definition) is 2. The Bertz CT molecular complexity index is 129. The van der Waals surface area contributed by atoms with E-state index in [4.69, 9.17) is 10.2 Å². The van der Waals surface area contributed by atoms with Gasteiger partial charge in [-0.15, -0.1) is 0 Å². The number of ether oxygens (including phenoxy) is 1. The first-order valence-electron chi connectivity index (χ1n) is 3.73. The highest BCUT2D eigenvalue weighted by Gasteiger charge is 2.06. The minimum Gasteiger partial charge on any atom is -0.463 e. The van der Waals surface area contributed by atoms with E-state index in [2.05, 4.69) is 17.4 Å². The lowest BCUT2D eigenvalue weighted by atomic mass is 10.3. The second-order valence-electron chi connectivity index (χ2n) is 2.33. The topological polar surface area (TPSA) is 66.8 Å². The molecule has 0 fully saturated rings. The Hall–Kier alpha value is -0.260. The van der Waals surface area contributed by atoms with Crippen LogP contribution in [0.3, 0.4) is 0 Å². The van der Waals surface area contributed by atoms with Gasteiger partial charge in [-0.1, -0.05) is 12.6 Å². The summed E-state index contributed by atoms with van der Waals surface area (Å²) in [6.07, 6.45) is -0.0807. The van der Waals surface area contributed by atoms with E-state index < -0.39 is 12.7 Å². The molecule has 0 saturated carbocycles. The van der Waals surface area contributed by atoms with E-state index in [9.17, 15) is 4.79 Å². The lowest BCUT2D eigenvalue weighted by Crippen LogP contribution is -2.21. The van der Waals surface area contributed by atoms with Crippen LogP contribution in [0.5, 0.6) is 0 Å². The summed E-state index contributed by atoms with van der Waals surface area (Å²) >= 11 is 4.63. The van der Waals surface area contributed by atoms with Crippen molar-refractivity contribution in [2.75, 3.05) is 19.0 Å². The lowest BCUT2D eigenvalue weighted by Gasteiger charge is -2.07. The molecular formula is C7H13O4S. The molecule has 0 heterocycles. The molecule has 1 unspecified atom stereocenters. The van der Waals surface area contributed by atoms with E-state index in [0.29, 0.717) is 12.2 Å². The van der Waals surface area contributed by atoms with Crippen molar-refractivity contribution in [3.63, 3.8) is 0 Å². The van der Waals surface area contributed by atoms with Crippen molar-refractivity contribution in [3.05, 3.63) is 0 Å². The van der Waals surface area contributed by atoms with Gasteiger partial charge in [-0.25, -0.2) is 0 Å². The number of carbonyl (C=O) groups is 1. The number of hydrogen-bond acceptors (Lipinski definition) is 4. The zero-order valence-corrected chi connectivity index (χ0v) is 7.55. The van der Waals surface area contributed by atoms with Gasteiger partial charge in [-0.2, -0.15) is 0 Å². The fraction of sp³-hybridized carbons (Fsp3) is 0.857. The number of rotatable bonds is 6. The van der Waals surface area contributed by atoms with Gasteiger partial charge in [0, 0.05) is 12.2 Å². The highest BCUT2D eigenvalue weighted by Crippen LogP contribution is 1.95. The van der Waals surface area contributed by atoms with Crippen molar-refractivity contribution >= 4 is 18.6 Å². The highest BCUT2D eigenvalue weighted by molar-refractivity contribution is 7.80. The molecule has 0 bridgehead atoms. The molecule has 0 rings (SSSR count). The van der Waals surface area contributed by atoms with Crippen LogP contribution in [0.4, 0.5) is 0 Å². The van der Waals surface area contributed by atoms with Gasteiger partial charge in [0.05, 0.1) is 6.61 Å². The Balaban J connectivity index is 3.31. The third-order valence-electron chi connectivity index (χ3n) is 1.17. The Morgan fingerprint density at radius 1 is 1.58 bits per heavy atom. The van der Waals surface area contributed by atoms with Gasteiger partial charge in [0.15, 0.2) is 0 Å². The number of carbonyl (C=O) groups excluding carboxylic acids is 1. The van der Waals surface area contributed by atoms with E-state index in [-0.39, 0.29) is 19.0 Å². The third kappa shape index (κ3) is 6.45. The van der Waals surface area contributed by atoms with Crippen LogP contribution in [0.1, 0.15) is 12.8 Å². The second-order valence-corrected chi connectivity index (χ2v) is 2.74. The molecule has 0 aliphatic heterocycles. The molecule has 0 aromatic rings. The van der Waals surface area contributed by atoms with Crippen LogP contribution in [0, 0.1) is 0 Å². The molecular weight excluding hydrogens is 180 g/mol. The van der Waals surface area contributed by atoms with Crippen LogP contribution in [0.2, 0.25) is 0 Å². The van der Waals surface area contributed by atoms with E-state index in [1.807, 2.05) is 0 Å². The maximum atomic E-state index is 10.8. The van der Waals surface area contributed by atoms with Crippen LogP contribution in [0.25, 0.3) is 0 Å². The molecule has 0 aromatic carbocycles. The van der Waals surface area contributed by atoms with Crippen molar-refractivity contribution in [2.45, 2.75) is 18.9 Å². The summed E-state index contributed by atoms with van der Waals surface area (Å²) < 4.78 is 4.60. The highest BCUT2D eigenvalue weighted by atomic mass is 32.1. The average Bonchev–Trinajstić information content (AvgIpc) is 2.10. The summed E-state index contributed by atoms with van der Waals surface area (Å²) in [7, 11) is 0. The SMILES string of the molecule is O=C(CCC[S])OCC(O)CO. The molecule has 5 heteroatoms. The first-order chi connectivity index (χ1) is 5.70. The fourth-order valence-electron chi connectivity index (χ4n) is 0.531. The molecule has 1 atom stereocenters. The van der Waals surface area contributed by atoms with E-state index in [1.54, 1.807) is 0 Å². The van der Waals surface area contributed by atoms with Gasteiger partial charge in [-0.3, -0.25) is 4.79 Å². The Morgan fingerprint density at radius 3 is 2.75 bits per heavy atom. The molecule has 12 heavy (non-hydrogen) atoms. The summed E-state index contributed by atoms with van der Waals surface area (Å²) in [6, 6.07) is 0. The molecule has 0 amide bonds. The minimum absolute atomic E-state index is 0.146. The first kappa shape index (κ1) is 11.7. The first-order valence-corrected chi connectivity index (χ1v) is 4.31. The molecule has 0 saturated heterocycles. The van der Waals surface area contributed by atoms with Crippen molar-refractivity contribution in [1.82, 2.24) is 0 Å². The molecule has 2 N–H and O–H groups in total. The van der Waals surface area contributed by atoms with Crippen LogP contribution >= 0.6 is 12.6 Å². The van der Waals surface area contributed by atoms with Gasteiger partial charge in [0.25, 0.3) is 0 Å². The predicted molar refractivity (Wildman–Crippen MR) is 45.7 cm³/mol. The molecule has 0 spiro atoms. The largest absolute Gasteiger partial charge is 0.463 e. The fourth-order valence-corrected chi connectivity index (χ4v) is 0.675. The quantitative estimate of drug-likeness (QED) is 0.576. The van der Waals surface area contributed by atoms with Crippen LogP contribution in [-0.2, 0) is 9.53 Å². The summed E-state index contributed by atoms with van der Waals surface area (Å²) in [5.74, 6) is 0.143. The Labute approximate surface area is 76.9 Å². The van der Waals surface area contributed by atoms with Gasteiger partial charge in [0.1, 0.15) is 12.7 Å².